The van der Waals surface area contributed by atoms with E-state index >= 15 is 0 Å². The first-order chi connectivity index (χ1) is 13.7. The molecular formula is C23H23NO3S. The molecular weight excluding hydrogens is 370 g/mol. The van der Waals surface area contributed by atoms with Crippen LogP contribution in [-0.4, -0.2) is 35.3 Å². The van der Waals surface area contributed by atoms with Crippen molar-refractivity contribution in [2.24, 2.45) is 0 Å². The lowest BCUT2D eigenvalue weighted by Gasteiger charge is -2.22. The third kappa shape index (κ3) is 4.04. The van der Waals surface area contributed by atoms with Crippen molar-refractivity contribution in [3.05, 3.63) is 88.1 Å². The fourth-order valence-corrected chi connectivity index (χ4v) is 4.56. The Morgan fingerprint density at radius 3 is 2.50 bits per heavy atom. The predicted octanol–water partition coefficient (Wildman–Crippen LogP) is 5.45. The Kier molecular flexibility index (Phi) is 5.63. The van der Waals surface area contributed by atoms with Gasteiger partial charge in [0.2, 0.25) is 0 Å². The molecule has 0 saturated carbocycles. The first-order valence-corrected chi connectivity index (χ1v) is 10.5. The number of thiophene rings is 1. The van der Waals surface area contributed by atoms with Gasteiger partial charge in [-0.15, -0.1) is 0 Å². The van der Waals surface area contributed by atoms with Gasteiger partial charge in [-0.25, -0.2) is 4.79 Å². The van der Waals surface area contributed by atoms with Gasteiger partial charge < -0.3 is 14.7 Å². The van der Waals surface area contributed by atoms with Gasteiger partial charge in [-0.3, -0.25) is 0 Å². The van der Waals surface area contributed by atoms with Crippen LogP contribution in [0, 0.1) is 0 Å². The number of likely N-dealkylation sites (tertiary alicyclic amines) is 1. The van der Waals surface area contributed by atoms with Crippen molar-refractivity contribution in [2.75, 3.05) is 13.2 Å². The number of rotatable bonds is 6. The van der Waals surface area contributed by atoms with E-state index in [4.69, 9.17) is 4.74 Å². The Morgan fingerprint density at radius 2 is 1.82 bits per heavy atom. The zero-order valence-corrected chi connectivity index (χ0v) is 16.3. The molecule has 1 fully saturated rings. The Morgan fingerprint density at radius 1 is 1.07 bits per heavy atom. The zero-order valence-electron chi connectivity index (χ0n) is 15.5. The molecule has 0 radical (unpaired) electrons. The molecule has 1 aliphatic heterocycles. The van der Waals surface area contributed by atoms with Gasteiger partial charge in [-0.1, -0.05) is 42.5 Å². The summed E-state index contributed by atoms with van der Waals surface area (Å²) in [4.78, 5) is 12.7. The zero-order chi connectivity index (χ0) is 19.3. The van der Waals surface area contributed by atoms with Crippen LogP contribution in [0.15, 0.2) is 71.4 Å². The molecule has 0 spiro atoms. The van der Waals surface area contributed by atoms with E-state index in [1.807, 2.05) is 18.2 Å². The Labute approximate surface area is 169 Å². The Bertz CT molecular complexity index is 893. The standard InChI is InChI=1S/C23H23NO3S/c25-23(26)24-13-4-7-20(24)15-27-21-10-8-18(9-11-21)22(19-12-14-28-16-19)17-5-2-1-3-6-17/h1-3,5-6,8-12,14,16,20,22H,4,7,13,15H2,(H,25,26)/t20-,22?/m0/s1. The fourth-order valence-electron chi connectivity index (χ4n) is 3.87. The molecule has 5 heteroatoms. The van der Waals surface area contributed by atoms with Gasteiger partial charge in [0.15, 0.2) is 0 Å². The maximum atomic E-state index is 11.3. The summed E-state index contributed by atoms with van der Waals surface area (Å²) in [6.07, 6.45) is 0.903. The topological polar surface area (TPSA) is 49.8 Å². The Hall–Kier alpha value is -2.79. The van der Waals surface area contributed by atoms with Crippen LogP contribution < -0.4 is 4.74 Å². The van der Waals surface area contributed by atoms with Crippen LogP contribution in [-0.2, 0) is 0 Å². The molecule has 1 unspecified atom stereocenters. The first-order valence-electron chi connectivity index (χ1n) is 9.52. The highest BCUT2D eigenvalue weighted by molar-refractivity contribution is 7.08. The monoisotopic (exact) mass is 393 g/mol. The predicted molar refractivity (Wildman–Crippen MR) is 111 cm³/mol. The van der Waals surface area contributed by atoms with Crippen LogP contribution in [0.1, 0.15) is 35.4 Å². The smallest absolute Gasteiger partial charge is 0.407 e. The van der Waals surface area contributed by atoms with Crippen LogP contribution in [0.25, 0.3) is 0 Å². The molecule has 4 rings (SSSR count). The largest absolute Gasteiger partial charge is 0.491 e. The van der Waals surface area contributed by atoms with Crippen LogP contribution >= 0.6 is 11.3 Å². The van der Waals surface area contributed by atoms with Crippen molar-refractivity contribution in [2.45, 2.75) is 24.8 Å². The van der Waals surface area contributed by atoms with Gasteiger partial charge in [-0.05, 0) is 58.5 Å². The van der Waals surface area contributed by atoms with E-state index in [9.17, 15) is 9.90 Å². The average molecular weight is 394 g/mol. The summed E-state index contributed by atoms with van der Waals surface area (Å²) < 4.78 is 5.90. The van der Waals surface area contributed by atoms with Crippen LogP contribution in [0.2, 0.25) is 0 Å². The summed E-state index contributed by atoms with van der Waals surface area (Å²) >= 11 is 1.71. The second kappa shape index (κ2) is 8.48. The number of benzene rings is 2. The second-order valence-electron chi connectivity index (χ2n) is 7.05. The lowest BCUT2D eigenvalue weighted by atomic mass is 9.87. The minimum Gasteiger partial charge on any atom is -0.491 e. The molecule has 1 aliphatic rings. The molecule has 144 valence electrons. The lowest BCUT2D eigenvalue weighted by Crippen LogP contribution is -2.37. The molecule has 3 aromatic rings. The third-order valence-electron chi connectivity index (χ3n) is 5.29. The quantitative estimate of drug-likeness (QED) is 0.606. The Balaban J connectivity index is 1.49. The van der Waals surface area contributed by atoms with E-state index in [0.717, 1.165) is 18.6 Å². The van der Waals surface area contributed by atoms with Crippen molar-refractivity contribution < 1.29 is 14.6 Å². The number of amides is 1. The molecule has 1 saturated heterocycles. The van der Waals surface area contributed by atoms with E-state index in [2.05, 4.69) is 53.2 Å². The maximum absolute atomic E-state index is 11.3. The van der Waals surface area contributed by atoms with Gasteiger partial charge in [-0.2, -0.15) is 11.3 Å². The van der Waals surface area contributed by atoms with Crippen molar-refractivity contribution >= 4 is 17.4 Å². The van der Waals surface area contributed by atoms with Crippen LogP contribution in [0.5, 0.6) is 5.75 Å². The first kappa shape index (κ1) is 18.6. The summed E-state index contributed by atoms with van der Waals surface area (Å²) in [6.45, 7) is 1.000. The van der Waals surface area contributed by atoms with Gasteiger partial charge in [0.25, 0.3) is 0 Å². The number of nitrogens with zero attached hydrogens (tertiary/aromatic N) is 1. The van der Waals surface area contributed by atoms with E-state index in [-0.39, 0.29) is 12.0 Å². The van der Waals surface area contributed by atoms with E-state index < -0.39 is 6.09 Å². The number of carboxylic acid groups (broad SMARTS) is 1. The summed E-state index contributed by atoms with van der Waals surface area (Å²) in [5, 5.41) is 13.6. The molecule has 28 heavy (non-hydrogen) atoms. The summed E-state index contributed by atoms with van der Waals surface area (Å²) in [5.74, 6) is 0.969. The minimum atomic E-state index is -0.858. The summed E-state index contributed by atoms with van der Waals surface area (Å²) in [6, 6.07) is 20.8. The second-order valence-corrected chi connectivity index (χ2v) is 7.83. The number of hydrogen-bond donors (Lipinski definition) is 1. The SMILES string of the molecule is O=C(O)N1CCC[C@H]1COc1ccc(C(c2ccccc2)c2ccsc2)cc1. The van der Waals surface area contributed by atoms with Crippen LogP contribution in [0.4, 0.5) is 4.79 Å². The highest BCUT2D eigenvalue weighted by atomic mass is 32.1. The number of ether oxygens (including phenoxy) is 1. The van der Waals surface area contributed by atoms with Crippen molar-refractivity contribution in [1.82, 2.24) is 4.90 Å². The number of carbonyl (C=O) groups is 1. The highest BCUT2D eigenvalue weighted by Crippen LogP contribution is 2.34. The van der Waals surface area contributed by atoms with E-state index in [1.165, 1.54) is 21.6 Å². The third-order valence-corrected chi connectivity index (χ3v) is 5.99. The van der Waals surface area contributed by atoms with Gasteiger partial charge in [0.1, 0.15) is 12.4 Å². The van der Waals surface area contributed by atoms with Crippen molar-refractivity contribution in [3.63, 3.8) is 0 Å². The fraction of sp³-hybridized carbons (Fsp3) is 0.261. The summed E-state index contributed by atoms with van der Waals surface area (Å²) in [7, 11) is 0. The molecule has 0 bridgehead atoms. The molecule has 2 heterocycles. The van der Waals surface area contributed by atoms with E-state index in [1.54, 1.807) is 11.3 Å². The van der Waals surface area contributed by atoms with Gasteiger partial charge in [0, 0.05) is 12.5 Å². The molecule has 0 aliphatic carbocycles. The van der Waals surface area contributed by atoms with Crippen molar-refractivity contribution in [3.8, 4) is 5.75 Å². The highest BCUT2D eigenvalue weighted by Gasteiger charge is 2.28. The lowest BCUT2D eigenvalue weighted by molar-refractivity contribution is 0.123. The molecule has 2 aromatic carbocycles. The van der Waals surface area contributed by atoms with Crippen LogP contribution in [0.3, 0.4) is 0 Å². The molecule has 1 aromatic heterocycles. The molecule has 4 nitrogen and oxygen atoms in total. The normalized spacial score (nSPS) is 17.4. The summed E-state index contributed by atoms with van der Waals surface area (Å²) in [5.41, 5.74) is 3.76. The molecule has 2 atom stereocenters. The van der Waals surface area contributed by atoms with Crippen molar-refractivity contribution in [1.29, 1.82) is 0 Å². The van der Waals surface area contributed by atoms with E-state index in [0.29, 0.717) is 13.2 Å². The van der Waals surface area contributed by atoms with Gasteiger partial charge >= 0.3 is 6.09 Å². The number of hydrogen-bond acceptors (Lipinski definition) is 3. The van der Waals surface area contributed by atoms with Gasteiger partial charge in [0.05, 0.1) is 6.04 Å². The molecule has 1 amide bonds. The minimum absolute atomic E-state index is 0.0555. The molecule has 1 N–H and O–H groups in total. The maximum Gasteiger partial charge on any atom is 0.407 e. The average Bonchev–Trinajstić information content (AvgIpc) is 3.41.